The van der Waals surface area contributed by atoms with Gasteiger partial charge in [0.05, 0.1) is 24.7 Å². The molecule has 0 atom stereocenters. The number of aliphatic hydroxyl groups is 1. The lowest BCUT2D eigenvalue weighted by molar-refractivity contribution is -0.384. The van der Waals surface area contributed by atoms with E-state index >= 15 is 0 Å². The summed E-state index contributed by atoms with van der Waals surface area (Å²) in [7, 11) is 0. The third-order valence-electron chi connectivity index (χ3n) is 4.35. The first-order valence-electron chi connectivity index (χ1n) is 10.4. The van der Waals surface area contributed by atoms with Crippen LogP contribution in [0.1, 0.15) is 51.9 Å². The Morgan fingerprint density at radius 3 is 2.11 bits per heavy atom. The molecular weight excluding hydrogens is 482 g/mol. The molecular formula is C22H23N3O9S. The fraction of sp³-hybridized carbons (Fsp3) is 0.318. The van der Waals surface area contributed by atoms with Gasteiger partial charge in [0, 0.05) is 17.7 Å². The molecule has 1 N–H and O–H groups in total. The van der Waals surface area contributed by atoms with Gasteiger partial charge < -0.3 is 19.3 Å². The second-order valence-electron chi connectivity index (χ2n) is 6.60. The van der Waals surface area contributed by atoms with Crippen LogP contribution < -0.4 is 0 Å². The summed E-state index contributed by atoms with van der Waals surface area (Å²) in [4.78, 5) is 47.7. The number of ether oxygens (including phenoxy) is 3. The zero-order chi connectivity index (χ0) is 26.1. The Kier molecular flexibility index (Phi) is 9.58. The van der Waals surface area contributed by atoms with Crippen LogP contribution in [0.5, 0.6) is 0 Å². The maximum atomic E-state index is 12.5. The Bertz CT molecular complexity index is 1180. The van der Waals surface area contributed by atoms with Crippen LogP contribution in [0, 0.1) is 17.0 Å². The second-order valence-corrected chi connectivity index (χ2v) is 7.60. The fourth-order valence-electron chi connectivity index (χ4n) is 2.76. The molecule has 186 valence electrons. The number of nitro benzene ring substituents is 1. The summed E-state index contributed by atoms with van der Waals surface area (Å²) in [5.74, 6) is -3.11. The molecule has 0 amide bonds. The van der Waals surface area contributed by atoms with Gasteiger partial charge in [-0.15, -0.1) is 21.6 Å². The van der Waals surface area contributed by atoms with Gasteiger partial charge >= 0.3 is 17.9 Å². The molecule has 2 rings (SSSR count). The van der Waals surface area contributed by atoms with Crippen LogP contribution in [-0.4, -0.2) is 47.8 Å². The topological polar surface area (TPSA) is 167 Å². The lowest BCUT2D eigenvalue weighted by Gasteiger charge is -2.06. The first-order chi connectivity index (χ1) is 16.7. The molecule has 12 nitrogen and oxygen atoms in total. The van der Waals surface area contributed by atoms with Crippen molar-refractivity contribution in [1.82, 2.24) is 0 Å². The molecule has 0 saturated heterocycles. The number of non-ortho nitro benzene ring substituents is 1. The number of nitrogens with zero attached hydrogens (tertiary/aromatic N) is 3. The Labute approximate surface area is 204 Å². The molecule has 0 saturated carbocycles. The van der Waals surface area contributed by atoms with E-state index in [4.69, 9.17) is 14.2 Å². The highest BCUT2D eigenvalue weighted by Gasteiger charge is 2.27. The van der Waals surface area contributed by atoms with E-state index in [1.54, 1.807) is 20.8 Å². The number of carbonyl (C=O) groups excluding carboxylic acids is 3. The highest BCUT2D eigenvalue weighted by molar-refractivity contribution is 7.18. The highest BCUT2D eigenvalue weighted by atomic mass is 32.1. The largest absolute Gasteiger partial charge is 0.505 e. The van der Waals surface area contributed by atoms with Crippen molar-refractivity contribution < 1.29 is 38.6 Å². The zero-order valence-electron chi connectivity index (χ0n) is 19.4. The molecule has 2 aromatic rings. The molecule has 0 spiro atoms. The van der Waals surface area contributed by atoms with Crippen molar-refractivity contribution in [1.29, 1.82) is 0 Å². The minimum Gasteiger partial charge on any atom is -0.505 e. The van der Waals surface area contributed by atoms with Crippen LogP contribution in [0.3, 0.4) is 0 Å². The molecule has 1 heterocycles. The van der Waals surface area contributed by atoms with E-state index in [2.05, 4.69) is 10.2 Å². The Hall–Kier alpha value is -4.13. The summed E-state index contributed by atoms with van der Waals surface area (Å²) in [5.41, 5.74) is -0.568. The van der Waals surface area contributed by atoms with E-state index in [0.717, 1.165) is 23.5 Å². The summed E-state index contributed by atoms with van der Waals surface area (Å²) in [6.45, 7) is 6.44. The monoisotopic (exact) mass is 505 g/mol. The summed E-state index contributed by atoms with van der Waals surface area (Å²) >= 11 is 0.801. The van der Waals surface area contributed by atoms with Gasteiger partial charge in [-0.2, -0.15) is 0 Å². The third-order valence-corrected chi connectivity index (χ3v) is 5.51. The molecule has 1 aromatic carbocycles. The van der Waals surface area contributed by atoms with E-state index in [1.165, 1.54) is 19.1 Å². The van der Waals surface area contributed by atoms with Gasteiger partial charge in [0.1, 0.15) is 10.4 Å². The van der Waals surface area contributed by atoms with Gasteiger partial charge in [-0.25, -0.2) is 14.4 Å². The minimum absolute atomic E-state index is 0.0371. The fourth-order valence-corrected chi connectivity index (χ4v) is 3.77. The highest BCUT2D eigenvalue weighted by Crippen LogP contribution is 2.37. The molecule has 0 unspecified atom stereocenters. The smallest absolute Gasteiger partial charge is 0.362 e. The number of esters is 3. The van der Waals surface area contributed by atoms with Gasteiger partial charge in [0.2, 0.25) is 5.70 Å². The Morgan fingerprint density at radius 1 is 1.00 bits per heavy atom. The van der Waals surface area contributed by atoms with Crippen molar-refractivity contribution in [3.8, 4) is 0 Å². The first-order valence-corrected chi connectivity index (χ1v) is 11.2. The van der Waals surface area contributed by atoms with Crippen LogP contribution in [0.4, 0.5) is 10.7 Å². The van der Waals surface area contributed by atoms with Crippen LogP contribution in [0.15, 0.2) is 40.2 Å². The average Bonchev–Trinajstić information content (AvgIpc) is 3.15. The van der Waals surface area contributed by atoms with Crippen LogP contribution in [0.25, 0.3) is 5.76 Å². The van der Waals surface area contributed by atoms with Crippen molar-refractivity contribution in [3.05, 3.63) is 61.6 Å². The van der Waals surface area contributed by atoms with Crippen molar-refractivity contribution in [3.63, 3.8) is 0 Å². The Morgan fingerprint density at radius 2 is 1.57 bits per heavy atom. The van der Waals surface area contributed by atoms with E-state index in [1.807, 2.05) is 0 Å². The standard InChI is InChI=1S/C22H23N3O9S/c1-5-32-20(27)15-12(4)18(22(29)34-7-3)35-19(15)24-23-16(21(28)33-6-2)17(26)13-8-10-14(11-9-13)25(30)31/h8-11,26H,5-7H2,1-4H3/b17-16-,24-23?. The third kappa shape index (κ3) is 6.47. The number of aliphatic hydroxyl groups excluding tert-OH is 1. The number of thiophene rings is 1. The van der Waals surface area contributed by atoms with Crippen molar-refractivity contribution in [2.75, 3.05) is 19.8 Å². The van der Waals surface area contributed by atoms with Crippen LogP contribution in [0.2, 0.25) is 0 Å². The quantitative estimate of drug-likeness (QED) is 0.0898. The molecule has 0 aliphatic rings. The maximum absolute atomic E-state index is 12.5. The zero-order valence-corrected chi connectivity index (χ0v) is 20.2. The average molecular weight is 506 g/mol. The molecule has 13 heteroatoms. The van der Waals surface area contributed by atoms with Gasteiger partial charge in [-0.3, -0.25) is 10.1 Å². The number of hydrogen-bond donors (Lipinski definition) is 1. The summed E-state index contributed by atoms with van der Waals surface area (Å²) < 4.78 is 15.0. The van der Waals surface area contributed by atoms with E-state index in [-0.39, 0.29) is 52.1 Å². The molecule has 0 aliphatic carbocycles. The van der Waals surface area contributed by atoms with Gasteiger partial charge in [0.25, 0.3) is 5.69 Å². The van der Waals surface area contributed by atoms with Crippen molar-refractivity contribution >= 4 is 45.7 Å². The summed E-state index contributed by atoms with van der Waals surface area (Å²) in [5, 5.41) is 29.2. The number of hydrogen-bond acceptors (Lipinski definition) is 12. The molecule has 0 fully saturated rings. The molecule has 0 bridgehead atoms. The predicted molar refractivity (Wildman–Crippen MR) is 125 cm³/mol. The lowest BCUT2D eigenvalue weighted by Crippen LogP contribution is -2.09. The SMILES string of the molecule is CCOC(=O)/C(N=Nc1sc(C(=O)OCC)c(C)c1C(=O)OCC)=C(/O)c1ccc([N+](=O)[O-])cc1. The summed E-state index contributed by atoms with van der Waals surface area (Å²) in [6, 6.07) is 4.72. The number of nitro groups is 1. The van der Waals surface area contributed by atoms with E-state index < -0.39 is 34.3 Å². The maximum Gasteiger partial charge on any atom is 0.362 e. The van der Waals surface area contributed by atoms with Gasteiger partial charge in [-0.1, -0.05) is 0 Å². The molecule has 0 aliphatic heterocycles. The van der Waals surface area contributed by atoms with Crippen LogP contribution >= 0.6 is 11.3 Å². The molecule has 0 radical (unpaired) electrons. The van der Waals surface area contributed by atoms with E-state index in [0.29, 0.717) is 0 Å². The van der Waals surface area contributed by atoms with E-state index in [9.17, 15) is 29.6 Å². The second kappa shape index (κ2) is 12.4. The van der Waals surface area contributed by atoms with Crippen molar-refractivity contribution in [2.24, 2.45) is 10.2 Å². The number of carbonyl (C=O) groups is 3. The number of rotatable bonds is 10. The number of azo groups is 1. The Balaban J connectivity index is 2.62. The summed E-state index contributed by atoms with van der Waals surface area (Å²) in [6.07, 6.45) is 0. The van der Waals surface area contributed by atoms with Gasteiger partial charge in [0.15, 0.2) is 10.8 Å². The number of benzene rings is 1. The minimum atomic E-state index is -1.02. The molecule has 1 aromatic heterocycles. The first kappa shape index (κ1) is 27.1. The molecule has 35 heavy (non-hydrogen) atoms. The lowest BCUT2D eigenvalue weighted by atomic mass is 10.1. The predicted octanol–water partition coefficient (Wildman–Crippen LogP) is 4.89. The van der Waals surface area contributed by atoms with Crippen molar-refractivity contribution in [2.45, 2.75) is 27.7 Å². The normalized spacial score (nSPS) is 11.7. The van der Waals surface area contributed by atoms with Crippen LogP contribution in [-0.2, 0) is 19.0 Å². The van der Waals surface area contributed by atoms with Gasteiger partial charge in [-0.05, 0) is 45.4 Å².